The van der Waals surface area contributed by atoms with Crippen LogP contribution in [-0.4, -0.2) is 11.3 Å². The Kier molecular flexibility index (Phi) is 2.47. The van der Waals surface area contributed by atoms with E-state index in [0.29, 0.717) is 0 Å². The summed E-state index contributed by atoms with van der Waals surface area (Å²) in [6.45, 7) is 0. The third kappa shape index (κ3) is 2.52. The van der Waals surface area contributed by atoms with Gasteiger partial charge in [-0.2, -0.15) is 5.26 Å². The molecule has 0 atom stereocenters. The van der Waals surface area contributed by atoms with E-state index >= 15 is 0 Å². The summed E-state index contributed by atoms with van der Waals surface area (Å²) in [5, 5.41) is 8.45. The van der Waals surface area contributed by atoms with Gasteiger partial charge in [-0.1, -0.05) is 0 Å². The van der Waals surface area contributed by atoms with Crippen molar-refractivity contribution >= 4 is 5.69 Å². The Morgan fingerprint density at radius 3 is 2.64 bits per heavy atom. The lowest BCUT2D eigenvalue weighted by atomic mass is 10.2. The van der Waals surface area contributed by atoms with Crippen molar-refractivity contribution in [1.82, 2.24) is 4.98 Å². The van der Waals surface area contributed by atoms with Crippen LogP contribution >= 0.6 is 0 Å². The molecule has 0 saturated heterocycles. The van der Waals surface area contributed by atoms with Gasteiger partial charge in [0.25, 0.3) is 0 Å². The average molecular weight is 203 g/mol. The lowest BCUT2D eigenvalue weighted by Crippen LogP contribution is -2.18. The molecular formula is C7H4F3N3O. The van der Waals surface area contributed by atoms with Gasteiger partial charge >= 0.3 is 6.36 Å². The monoisotopic (exact) mass is 203 g/mol. The number of aromatic nitrogens is 1. The van der Waals surface area contributed by atoms with Crippen molar-refractivity contribution in [3.05, 3.63) is 17.8 Å². The van der Waals surface area contributed by atoms with Gasteiger partial charge < -0.3 is 10.5 Å². The quantitative estimate of drug-likeness (QED) is 0.749. The molecule has 7 heteroatoms. The maximum Gasteiger partial charge on any atom is 0.574 e. The maximum atomic E-state index is 11.7. The van der Waals surface area contributed by atoms with E-state index in [1.807, 2.05) is 0 Å². The second-order valence-electron chi connectivity index (χ2n) is 2.27. The molecule has 0 aromatic carbocycles. The van der Waals surface area contributed by atoms with Gasteiger partial charge in [-0.3, -0.25) is 0 Å². The maximum absolute atomic E-state index is 11.7. The van der Waals surface area contributed by atoms with E-state index < -0.39 is 12.2 Å². The minimum atomic E-state index is -4.82. The van der Waals surface area contributed by atoms with Gasteiger partial charge in [-0.05, 0) is 0 Å². The van der Waals surface area contributed by atoms with Gasteiger partial charge in [0.15, 0.2) is 0 Å². The molecule has 0 radical (unpaired) electrons. The van der Waals surface area contributed by atoms with E-state index in [0.717, 1.165) is 12.3 Å². The van der Waals surface area contributed by atoms with Gasteiger partial charge in [-0.25, -0.2) is 4.98 Å². The summed E-state index contributed by atoms with van der Waals surface area (Å²) in [5.74, 6) is -0.705. The molecule has 0 aliphatic carbocycles. The summed E-state index contributed by atoms with van der Waals surface area (Å²) in [4.78, 5) is 3.25. The molecule has 0 bridgehead atoms. The van der Waals surface area contributed by atoms with Crippen molar-refractivity contribution in [2.45, 2.75) is 6.36 Å². The number of anilines is 1. The Bertz CT molecular complexity index is 383. The van der Waals surface area contributed by atoms with Gasteiger partial charge in [0, 0.05) is 6.07 Å². The van der Waals surface area contributed by atoms with Crippen molar-refractivity contribution in [3.63, 3.8) is 0 Å². The van der Waals surface area contributed by atoms with Crippen LogP contribution < -0.4 is 10.5 Å². The lowest BCUT2D eigenvalue weighted by molar-refractivity contribution is -0.276. The first-order valence-corrected chi connectivity index (χ1v) is 3.34. The fourth-order valence-corrected chi connectivity index (χ4v) is 0.718. The van der Waals surface area contributed by atoms with Crippen LogP contribution in [0.5, 0.6) is 5.88 Å². The van der Waals surface area contributed by atoms with Crippen LogP contribution in [0.15, 0.2) is 12.3 Å². The molecule has 4 nitrogen and oxygen atoms in total. The van der Waals surface area contributed by atoms with Crippen LogP contribution in [-0.2, 0) is 0 Å². The highest BCUT2D eigenvalue weighted by Gasteiger charge is 2.31. The number of halogens is 3. The predicted molar refractivity (Wildman–Crippen MR) is 40.0 cm³/mol. The molecule has 0 aliphatic heterocycles. The number of hydrogen-bond donors (Lipinski definition) is 1. The van der Waals surface area contributed by atoms with Gasteiger partial charge in [-0.15, -0.1) is 13.2 Å². The van der Waals surface area contributed by atoms with Crippen LogP contribution in [0, 0.1) is 11.3 Å². The fourth-order valence-electron chi connectivity index (χ4n) is 0.718. The first kappa shape index (κ1) is 10.1. The SMILES string of the molecule is N#Cc1cc(OC(F)(F)F)ncc1N. The van der Waals surface area contributed by atoms with E-state index in [1.165, 1.54) is 0 Å². The third-order valence-corrected chi connectivity index (χ3v) is 1.25. The minimum Gasteiger partial charge on any atom is -0.396 e. The summed E-state index contributed by atoms with van der Waals surface area (Å²) in [5.41, 5.74) is 5.13. The highest BCUT2D eigenvalue weighted by atomic mass is 19.4. The third-order valence-electron chi connectivity index (χ3n) is 1.25. The number of nitriles is 1. The number of hydrogen-bond acceptors (Lipinski definition) is 4. The Morgan fingerprint density at radius 1 is 1.50 bits per heavy atom. The Hall–Kier alpha value is -1.97. The van der Waals surface area contributed by atoms with Crippen LogP contribution in [0.25, 0.3) is 0 Å². The Morgan fingerprint density at radius 2 is 2.14 bits per heavy atom. The summed E-state index contributed by atoms with van der Waals surface area (Å²) >= 11 is 0. The summed E-state index contributed by atoms with van der Waals surface area (Å²) in [6.07, 6.45) is -3.89. The van der Waals surface area contributed by atoms with E-state index in [4.69, 9.17) is 11.0 Å². The minimum absolute atomic E-state index is 0.00187. The molecule has 0 amide bonds. The highest BCUT2D eigenvalue weighted by molar-refractivity contribution is 5.53. The summed E-state index contributed by atoms with van der Waals surface area (Å²) in [7, 11) is 0. The topological polar surface area (TPSA) is 71.9 Å². The number of rotatable bonds is 1. The zero-order chi connectivity index (χ0) is 10.8. The largest absolute Gasteiger partial charge is 0.574 e. The summed E-state index contributed by atoms with van der Waals surface area (Å²) < 4.78 is 38.6. The van der Waals surface area contributed by atoms with Gasteiger partial charge in [0.1, 0.15) is 6.07 Å². The smallest absolute Gasteiger partial charge is 0.396 e. The van der Waals surface area contributed by atoms with E-state index in [9.17, 15) is 13.2 Å². The van der Waals surface area contributed by atoms with E-state index in [-0.39, 0.29) is 11.3 Å². The van der Waals surface area contributed by atoms with Crippen molar-refractivity contribution in [3.8, 4) is 11.9 Å². The number of ether oxygens (including phenoxy) is 1. The zero-order valence-corrected chi connectivity index (χ0v) is 6.67. The molecule has 0 saturated carbocycles. The molecule has 2 N–H and O–H groups in total. The molecule has 14 heavy (non-hydrogen) atoms. The normalized spacial score (nSPS) is 10.7. The number of alkyl halides is 3. The number of nitrogens with zero attached hydrogens (tertiary/aromatic N) is 2. The summed E-state index contributed by atoms with van der Waals surface area (Å²) in [6, 6.07) is 2.43. The van der Waals surface area contributed by atoms with E-state index in [1.54, 1.807) is 6.07 Å². The number of nitrogen functional groups attached to an aromatic ring is 1. The van der Waals surface area contributed by atoms with Crippen LogP contribution in [0.4, 0.5) is 18.9 Å². The predicted octanol–water partition coefficient (Wildman–Crippen LogP) is 1.43. The lowest BCUT2D eigenvalue weighted by Gasteiger charge is -2.07. The average Bonchev–Trinajstić information content (AvgIpc) is 2.06. The van der Waals surface area contributed by atoms with Crippen LogP contribution in [0.2, 0.25) is 0 Å². The molecule has 1 aromatic heterocycles. The molecule has 1 rings (SSSR count). The van der Waals surface area contributed by atoms with Crippen molar-refractivity contribution in [2.24, 2.45) is 0 Å². The second kappa shape index (κ2) is 3.41. The zero-order valence-electron chi connectivity index (χ0n) is 6.67. The van der Waals surface area contributed by atoms with Crippen molar-refractivity contribution in [2.75, 3.05) is 5.73 Å². The first-order valence-electron chi connectivity index (χ1n) is 3.34. The van der Waals surface area contributed by atoms with Gasteiger partial charge in [0.05, 0.1) is 17.4 Å². The van der Waals surface area contributed by atoms with Crippen molar-refractivity contribution in [1.29, 1.82) is 5.26 Å². The standard InChI is InChI=1S/C7H4F3N3O/c8-7(9,10)14-6-1-4(2-11)5(12)3-13-6/h1,3H,12H2. The molecule has 0 spiro atoms. The number of nitrogens with two attached hydrogens (primary N) is 1. The molecule has 1 aromatic rings. The van der Waals surface area contributed by atoms with Gasteiger partial charge in [0.2, 0.25) is 5.88 Å². The Labute approximate surface area is 76.7 Å². The molecule has 74 valence electrons. The van der Waals surface area contributed by atoms with Crippen LogP contribution in [0.3, 0.4) is 0 Å². The Balaban J connectivity index is 2.97. The van der Waals surface area contributed by atoms with Crippen molar-refractivity contribution < 1.29 is 17.9 Å². The molecular weight excluding hydrogens is 199 g/mol. The molecule has 0 fully saturated rings. The molecule has 0 aliphatic rings. The van der Waals surface area contributed by atoms with E-state index in [2.05, 4.69) is 9.72 Å². The molecule has 0 unspecified atom stereocenters. The molecule has 1 heterocycles. The number of pyridine rings is 1. The first-order chi connectivity index (χ1) is 6.42. The fraction of sp³-hybridized carbons (Fsp3) is 0.143. The highest BCUT2D eigenvalue weighted by Crippen LogP contribution is 2.22. The van der Waals surface area contributed by atoms with Crippen LogP contribution in [0.1, 0.15) is 5.56 Å². The second-order valence-corrected chi connectivity index (χ2v) is 2.27.